The van der Waals surface area contributed by atoms with Crippen molar-refractivity contribution in [3.8, 4) is 11.5 Å². The van der Waals surface area contributed by atoms with Crippen molar-refractivity contribution in [3.63, 3.8) is 0 Å². The van der Waals surface area contributed by atoms with E-state index in [0.717, 1.165) is 7.11 Å². The molecule has 0 saturated carbocycles. The van der Waals surface area contributed by atoms with Gasteiger partial charge in [0, 0.05) is 6.07 Å². The molecule has 0 aliphatic carbocycles. The van der Waals surface area contributed by atoms with E-state index in [1.807, 2.05) is 0 Å². The molecule has 0 fully saturated rings. The Labute approximate surface area is 102 Å². The Bertz CT molecular complexity index is 483. The normalized spacial score (nSPS) is 12.2. The van der Waals surface area contributed by atoms with Crippen LogP contribution in [0.25, 0.3) is 0 Å². The molecule has 19 heavy (non-hydrogen) atoms. The van der Waals surface area contributed by atoms with Gasteiger partial charge in [-0.3, -0.25) is 0 Å². The van der Waals surface area contributed by atoms with E-state index in [9.17, 15) is 31.1 Å². The topological polar surface area (TPSA) is 35.5 Å². The molecule has 3 nitrogen and oxygen atoms in total. The van der Waals surface area contributed by atoms with E-state index in [1.165, 1.54) is 0 Å². The maximum absolute atomic E-state index is 12.7. The summed E-state index contributed by atoms with van der Waals surface area (Å²) in [7, 11) is 0.994. The van der Waals surface area contributed by atoms with E-state index < -0.39 is 35.4 Å². The Kier molecular flexibility index (Phi) is 3.97. The molecule has 0 N–H and O–H groups in total. The molecule has 0 amide bonds. The number of rotatable bonds is 3. The minimum absolute atomic E-state index is 0.494. The van der Waals surface area contributed by atoms with Gasteiger partial charge in [0.25, 0.3) is 0 Å². The predicted molar refractivity (Wildman–Crippen MR) is 49.6 cm³/mol. The molecule has 0 aliphatic heterocycles. The van der Waals surface area contributed by atoms with E-state index in [0.29, 0.717) is 18.2 Å². The molecule has 1 aromatic carbocycles. The molecule has 0 saturated heterocycles. The summed E-state index contributed by atoms with van der Waals surface area (Å²) < 4.78 is 82.0. The van der Waals surface area contributed by atoms with Crippen molar-refractivity contribution >= 4 is 5.97 Å². The molecule has 0 aromatic heterocycles. The minimum Gasteiger partial charge on any atom is -0.493 e. The predicted octanol–water partition coefficient (Wildman–Crippen LogP) is 2.94. The van der Waals surface area contributed by atoms with Crippen molar-refractivity contribution in [2.75, 3.05) is 7.11 Å². The van der Waals surface area contributed by atoms with Gasteiger partial charge in [-0.1, -0.05) is 0 Å². The first-order chi connectivity index (χ1) is 8.59. The Morgan fingerprint density at radius 2 is 1.68 bits per heavy atom. The van der Waals surface area contributed by atoms with Crippen molar-refractivity contribution in [1.82, 2.24) is 0 Å². The maximum Gasteiger partial charge on any atom is 0.465 e. The highest BCUT2D eigenvalue weighted by Crippen LogP contribution is 2.38. The minimum atomic E-state index is -6.09. The van der Waals surface area contributed by atoms with E-state index in [4.69, 9.17) is 0 Å². The third-order valence-corrected chi connectivity index (χ3v) is 1.94. The Hall–Kier alpha value is -1.93. The van der Waals surface area contributed by atoms with Gasteiger partial charge in [-0.25, -0.2) is 9.18 Å². The fourth-order valence-corrected chi connectivity index (χ4v) is 1.01. The van der Waals surface area contributed by atoms with Crippen molar-refractivity contribution in [2.45, 2.75) is 12.1 Å². The van der Waals surface area contributed by atoms with Crippen LogP contribution in [0, 0.1) is 5.82 Å². The number of hydrogen-bond donors (Lipinski definition) is 0. The molecule has 0 unspecified atom stereocenters. The van der Waals surface area contributed by atoms with Crippen LogP contribution in [0.5, 0.6) is 11.5 Å². The van der Waals surface area contributed by atoms with Crippen LogP contribution < -0.4 is 9.47 Å². The number of carbonyl (C=O) groups is 1. The van der Waals surface area contributed by atoms with Gasteiger partial charge in [-0.15, -0.1) is 0 Å². The summed E-state index contributed by atoms with van der Waals surface area (Å²) in [6.07, 6.45) is -6.09. The zero-order valence-corrected chi connectivity index (χ0v) is 9.22. The number of methoxy groups -OCH3 is 1. The second-order valence-corrected chi connectivity index (χ2v) is 3.26. The van der Waals surface area contributed by atoms with Gasteiger partial charge in [0.05, 0.1) is 7.11 Å². The Morgan fingerprint density at radius 1 is 1.11 bits per heavy atom. The highest BCUT2D eigenvalue weighted by Gasteiger charge is 2.65. The first kappa shape index (κ1) is 15.1. The lowest BCUT2D eigenvalue weighted by atomic mass is 10.3. The molecule has 1 rings (SSSR count). The first-order valence-electron chi connectivity index (χ1n) is 4.60. The molecular weight excluding hydrogens is 282 g/mol. The molecule has 0 aliphatic rings. The maximum atomic E-state index is 12.7. The fourth-order valence-electron chi connectivity index (χ4n) is 1.01. The summed E-state index contributed by atoms with van der Waals surface area (Å²) >= 11 is 0. The van der Waals surface area contributed by atoms with Crippen LogP contribution in [0.3, 0.4) is 0 Å². The van der Waals surface area contributed by atoms with Crippen molar-refractivity contribution < 1.29 is 40.6 Å². The lowest BCUT2D eigenvalue weighted by molar-refractivity contribution is -0.276. The molecule has 0 atom stereocenters. The average Bonchev–Trinajstić information content (AvgIpc) is 2.29. The number of carbonyl (C=O) groups excluding carboxylic acids is 1. The van der Waals surface area contributed by atoms with Crippen molar-refractivity contribution in [1.29, 1.82) is 0 Å². The Morgan fingerprint density at radius 3 is 2.16 bits per heavy atom. The number of ether oxygens (including phenoxy) is 2. The van der Waals surface area contributed by atoms with Gasteiger partial charge < -0.3 is 9.47 Å². The van der Waals surface area contributed by atoms with Crippen LogP contribution >= 0.6 is 0 Å². The number of esters is 1. The monoisotopic (exact) mass is 288 g/mol. The smallest absolute Gasteiger partial charge is 0.465 e. The van der Waals surface area contributed by atoms with Crippen molar-refractivity contribution in [2.24, 2.45) is 0 Å². The first-order valence-corrected chi connectivity index (χ1v) is 4.60. The molecule has 1 aromatic rings. The summed E-state index contributed by atoms with van der Waals surface area (Å²) in [5, 5.41) is 0. The summed E-state index contributed by atoms with van der Waals surface area (Å²) in [4.78, 5) is 10.8. The van der Waals surface area contributed by atoms with E-state index in [1.54, 1.807) is 0 Å². The summed E-state index contributed by atoms with van der Waals surface area (Å²) in [6, 6.07) is 2.06. The SMILES string of the molecule is COc1cc(F)ccc1OC(=O)C(F)(F)C(F)(F)F. The zero-order valence-electron chi connectivity index (χ0n) is 9.22. The van der Waals surface area contributed by atoms with Crippen LogP contribution in [0.4, 0.5) is 26.3 Å². The zero-order chi connectivity index (χ0) is 14.8. The number of hydrogen-bond acceptors (Lipinski definition) is 3. The number of benzene rings is 1. The molecule has 9 heteroatoms. The number of alkyl halides is 5. The van der Waals surface area contributed by atoms with E-state index in [2.05, 4.69) is 9.47 Å². The third-order valence-electron chi connectivity index (χ3n) is 1.94. The largest absolute Gasteiger partial charge is 0.493 e. The molecule has 0 heterocycles. The second-order valence-electron chi connectivity index (χ2n) is 3.26. The highest BCUT2D eigenvalue weighted by atomic mass is 19.4. The van der Waals surface area contributed by atoms with Gasteiger partial charge in [-0.05, 0) is 12.1 Å². The standard InChI is InChI=1S/C10H6F6O3/c1-18-7-4-5(11)2-3-6(7)19-8(17)9(12,13)10(14,15)16/h2-4H,1H3. The van der Waals surface area contributed by atoms with E-state index in [-0.39, 0.29) is 0 Å². The molecule has 0 bridgehead atoms. The van der Waals surface area contributed by atoms with Gasteiger partial charge in [0.15, 0.2) is 11.5 Å². The second kappa shape index (κ2) is 4.98. The van der Waals surface area contributed by atoms with E-state index >= 15 is 0 Å². The summed E-state index contributed by atoms with van der Waals surface area (Å²) in [6.45, 7) is 0. The molecule has 0 spiro atoms. The lowest BCUT2D eigenvalue weighted by Gasteiger charge is -2.18. The van der Waals surface area contributed by atoms with Gasteiger partial charge in [-0.2, -0.15) is 22.0 Å². The van der Waals surface area contributed by atoms with Gasteiger partial charge in [0.1, 0.15) is 5.82 Å². The summed E-state index contributed by atoms with van der Waals surface area (Å²) in [5.41, 5.74) is 0. The van der Waals surface area contributed by atoms with Crippen LogP contribution in [0.2, 0.25) is 0 Å². The van der Waals surface area contributed by atoms with Crippen molar-refractivity contribution in [3.05, 3.63) is 24.0 Å². The average molecular weight is 288 g/mol. The highest BCUT2D eigenvalue weighted by molar-refractivity contribution is 5.81. The summed E-state index contributed by atoms with van der Waals surface area (Å²) in [5.74, 6) is -10.6. The van der Waals surface area contributed by atoms with Crippen LogP contribution in [0.15, 0.2) is 18.2 Å². The van der Waals surface area contributed by atoms with Crippen LogP contribution in [0.1, 0.15) is 0 Å². The van der Waals surface area contributed by atoms with Gasteiger partial charge in [0.2, 0.25) is 0 Å². The van der Waals surface area contributed by atoms with Crippen LogP contribution in [-0.2, 0) is 4.79 Å². The molecule has 106 valence electrons. The quantitative estimate of drug-likeness (QED) is 0.487. The third kappa shape index (κ3) is 3.09. The fraction of sp³-hybridized carbons (Fsp3) is 0.300. The Balaban J connectivity index is 3.01. The molecule has 0 radical (unpaired) electrons. The van der Waals surface area contributed by atoms with Gasteiger partial charge >= 0.3 is 18.1 Å². The van der Waals surface area contributed by atoms with Crippen LogP contribution in [-0.4, -0.2) is 25.2 Å². The molecular formula is C10H6F6O3. The number of halogens is 6. The lowest BCUT2D eigenvalue weighted by Crippen LogP contribution is -2.46.